The number of unbranched alkanes of at least 4 members (excludes halogenated alkanes) is 6. The maximum Gasteiger partial charge on any atom is 0.372 e. The molecule has 9 heteroatoms. The van der Waals surface area contributed by atoms with Gasteiger partial charge in [-0.05, 0) is 6.42 Å². The maximum atomic E-state index is 11.6. The molecule has 0 rings (SSSR count). The van der Waals surface area contributed by atoms with Crippen LogP contribution in [-0.4, -0.2) is 68.4 Å². The molecule has 0 fully saturated rings. The lowest BCUT2D eigenvalue weighted by Crippen LogP contribution is -2.17. The number of aliphatic carboxylic acids is 1. The first kappa shape index (κ1) is 28.0. The molecule has 30 heavy (non-hydrogen) atoms. The Morgan fingerprint density at radius 3 is 1.60 bits per heavy atom. The minimum atomic E-state index is -1.56. The van der Waals surface area contributed by atoms with Gasteiger partial charge >= 0.3 is 17.9 Å². The van der Waals surface area contributed by atoms with Crippen LogP contribution in [0.15, 0.2) is 0 Å². The third kappa shape index (κ3) is 19.3. The zero-order valence-electron chi connectivity index (χ0n) is 18.0. The van der Waals surface area contributed by atoms with Crippen LogP contribution in [0.4, 0.5) is 0 Å². The van der Waals surface area contributed by atoms with Crippen LogP contribution in [0.25, 0.3) is 0 Å². The average molecular weight is 433 g/mol. The number of esters is 2. The zero-order chi connectivity index (χ0) is 22.5. The number of carbonyl (C=O) groups excluding carboxylic acids is 3. The van der Waals surface area contributed by atoms with Gasteiger partial charge in [-0.15, -0.1) is 0 Å². The number of hydrogen-bond acceptors (Lipinski definition) is 8. The molecule has 0 aromatic carbocycles. The van der Waals surface area contributed by atoms with Gasteiger partial charge in [-0.2, -0.15) is 0 Å². The van der Waals surface area contributed by atoms with E-state index in [1.807, 2.05) is 0 Å². The molecule has 174 valence electrons. The summed E-state index contributed by atoms with van der Waals surface area (Å²) < 4.78 is 20.4. The van der Waals surface area contributed by atoms with Crippen LogP contribution >= 0.6 is 0 Å². The predicted octanol–water partition coefficient (Wildman–Crippen LogP) is 2.68. The molecule has 0 aliphatic heterocycles. The van der Waals surface area contributed by atoms with Crippen LogP contribution in [0.5, 0.6) is 0 Å². The van der Waals surface area contributed by atoms with Gasteiger partial charge in [0.2, 0.25) is 5.78 Å². The lowest BCUT2D eigenvalue weighted by molar-refractivity contribution is -0.151. The number of Topliss-reactive ketones (excluding diaryl/α,β-unsaturated/α-hetero) is 1. The molecule has 0 bridgehead atoms. The van der Waals surface area contributed by atoms with Crippen molar-refractivity contribution in [1.29, 1.82) is 0 Å². The van der Waals surface area contributed by atoms with Crippen molar-refractivity contribution in [1.82, 2.24) is 0 Å². The van der Waals surface area contributed by atoms with Crippen LogP contribution < -0.4 is 0 Å². The number of carboxylic acids is 1. The Balaban J connectivity index is 3.32. The summed E-state index contributed by atoms with van der Waals surface area (Å²) in [7, 11) is 0. The average Bonchev–Trinajstić information content (AvgIpc) is 2.72. The molecule has 0 aliphatic carbocycles. The van der Waals surface area contributed by atoms with E-state index in [2.05, 4.69) is 6.92 Å². The summed E-state index contributed by atoms with van der Waals surface area (Å²) >= 11 is 0. The van der Waals surface area contributed by atoms with Gasteiger partial charge in [-0.1, -0.05) is 45.4 Å². The molecular formula is C21H36O9. The van der Waals surface area contributed by atoms with E-state index < -0.39 is 17.7 Å². The second-order valence-electron chi connectivity index (χ2n) is 6.77. The summed E-state index contributed by atoms with van der Waals surface area (Å²) in [5.41, 5.74) is 0. The van der Waals surface area contributed by atoms with Gasteiger partial charge in [0.25, 0.3) is 0 Å². The maximum absolute atomic E-state index is 11.6. The SMILES string of the molecule is CCCCCCCCCC(=O)OCCOCCOCCOC(=O)CCC(=O)C(=O)O. The quantitative estimate of drug-likeness (QED) is 0.165. The topological polar surface area (TPSA) is 125 Å². The number of carbonyl (C=O) groups is 4. The monoisotopic (exact) mass is 432 g/mol. The largest absolute Gasteiger partial charge is 0.476 e. The molecule has 1 N–H and O–H groups in total. The van der Waals surface area contributed by atoms with Crippen molar-refractivity contribution in [2.75, 3.05) is 39.6 Å². The Kier molecular flexibility index (Phi) is 18.9. The van der Waals surface area contributed by atoms with Gasteiger partial charge in [-0.3, -0.25) is 14.4 Å². The molecule has 0 spiro atoms. The lowest BCUT2D eigenvalue weighted by Gasteiger charge is -2.08. The number of ketones is 1. The van der Waals surface area contributed by atoms with Crippen molar-refractivity contribution in [2.24, 2.45) is 0 Å². The summed E-state index contributed by atoms with van der Waals surface area (Å²) in [6.45, 7) is 3.47. The smallest absolute Gasteiger partial charge is 0.372 e. The first-order chi connectivity index (χ1) is 14.5. The van der Waals surface area contributed by atoms with Crippen molar-refractivity contribution < 1.29 is 43.2 Å². The van der Waals surface area contributed by atoms with Gasteiger partial charge in [0.1, 0.15) is 13.2 Å². The Morgan fingerprint density at radius 1 is 0.600 bits per heavy atom. The van der Waals surface area contributed by atoms with E-state index in [0.29, 0.717) is 26.2 Å². The van der Waals surface area contributed by atoms with Crippen molar-refractivity contribution in [3.05, 3.63) is 0 Å². The van der Waals surface area contributed by atoms with Gasteiger partial charge in [0.05, 0.1) is 32.8 Å². The highest BCUT2D eigenvalue weighted by molar-refractivity contribution is 6.32. The predicted molar refractivity (Wildman–Crippen MR) is 108 cm³/mol. The van der Waals surface area contributed by atoms with Crippen LogP contribution in [0.2, 0.25) is 0 Å². The number of rotatable bonds is 21. The first-order valence-electron chi connectivity index (χ1n) is 10.7. The number of ether oxygens (including phenoxy) is 4. The molecule has 0 amide bonds. The fourth-order valence-electron chi connectivity index (χ4n) is 2.44. The molecule has 0 aromatic heterocycles. The van der Waals surface area contributed by atoms with Gasteiger partial charge in [0.15, 0.2) is 0 Å². The van der Waals surface area contributed by atoms with Crippen LogP contribution in [0, 0.1) is 0 Å². The minimum Gasteiger partial charge on any atom is -0.476 e. The standard InChI is InChI=1S/C21H36O9/c1-2-3-4-5-6-7-8-9-19(23)29-16-14-27-12-13-28-15-17-30-20(24)11-10-18(22)21(25)26/h2-17H2,1H3,(H,25,26). The number of hydrogen-bond donors (Lipinski definition) is 1. The summed E-state index contributed by atoms with van der Waals surface area (Å²) in [6, 6.07) is 0. The van der Waals surface area contributed by atoms with E-state index in [1.165, 1.54) is 32.1 Å². The molecule has 0 unspecified atom stereocenters. The van der Waals surface area contributed by atoms with Crippen molar-refractivity contribution in [3.8, 4) is 0 Å². The number of carboxylic acid groups (broad SMARTS) is 1. The van der Waals surface area contributed by atoms with Gasteiger partial charge in [0, 0.05) is 12.8 Å². The Bertz CT molecular complexity index is 491. The van der Waals surface area contributed by atoms with Crippen LogP contribution in [0.3, 0.4) is 0 Å². The molecule has 0 saturated heterocycles. The fourth-order valence-corrected chi connectivity index (χ4v) is 2.44. The molecule has 9 nitrogen and oxygen atoms in total. The van der Waals surface area contributed by atoms with Crippen molar-refractivity contribution in [2.45, 2.75) is 71.1 Å². The van der Waals surface area contributed by atoms with Crippen molar-refractivity contribution in [3.63, 3.8) is 0 Å². The summed E-state index contributed by atoms with van der Waals surface area (Å²) in [5, 5.41) is 8.39. The Labute approximate surface area is 178 Å². The molecule has 0 atom stereocenters. The van der Waals surface area contributed by atoms with E-state index in [9.17, 15) is 19.2 Å². The minimum absolute atomic E-state index is 0.0102. The third-order valence-electron chi connectivity index (χ3n) is 4.13. The molecular weight excluding hydrogens is 396 g/mol. The first-order valence-corrected chi connectivity index (χ1v) is 10.7. The highest BCUT2D eigenvalue weighted by Crippen LogP contribution is 2.08. The second kappa shape index (κ2) is 20.3. The fraction of sp³-hybridized carbons (Fsp3) is 0.810. The van der Waals surface area contributed by atoms with Crippen LogP contribution in [0.1, 0.15) is 71.1 Å². The van der Waals surface area contributed by atoms with Gasteiger partial charge in [-0.25, -0.2) is 4.79 Å². The summed E-state index contributed by atoms with van der Waals surface area (Å²) in [4.78, 5) is 44.0. The Hall–Kier alpha value is -2.00. The highest BCUT2D eigenvalue weighted by Gasteiger charge is 2.14. The molecule has 0 radical (unpaired) electrons. The highest BCUT2D eigenvalue weighted by atomic mass is 16.6. The van der Waals surface area contributed by atoms with Crippen LogP contribution in [-0.2, 0) is 38.1 Å². The molecule has 0 aromatic rings. The van der Waals surface area contributed by atoms with E-state index >= 15 is 0 Å². The van der Waals surface area contributed by atoms with E-state index in [1.54, 1.807) is 0 Å². The summed E-state index contributed by atoms with van der Waals surface area (Å²) in [6.07, 6.45) is 7.89. The van der Waals surface area contributed by atoms with E-state index in [0.717, 1.165) is 12.8 Å². The second-order valence-corrected chi connectivity index (χ2v) is 6.77. The van der Waals surface area contributed by atoms with Crippen molar-refractivity contribution >= 4 is 23.7 Å². The Morgan fingerprint density at radius 2 is 1.07 bits per heavy atom. The van der Waals surface area contributed by atoms with E-state index in [-0.39, 0.29) is 38.6 Å². The zero-order valence-corrected chi connectivity index (χ0v) is 18.0. The van der Waals surface area contributed by atoms with Gasteiger partial charge < -0.3 is 24.1 Å². The normalized spacial score (nSPS) is 10.6. The lowest BCUT2D eigenvalue weighted by atomic mass is 10.1. The van der Waals surface area contributed by atoms with E-state index in [4.69, 9.17) is 24.1 Å². The molecule has 0 heterocycles. The molecule has 0 aliphatic rings. The molecule has 0 saturated carbocycles. The summed E-state index contributed by atoms with van der Waals surface area (Å²) in [5.74, 6) is -3.43. The third-order valence-corrected chi connectivity index (χ3v) is 4.13.